The largest absolute Gasteiger partial charge is 0.396 e. The summed E-state index contributed by atoms with van der Waals surface area (Å²) in [6.07, 6.45) is 0.561. The van der Waals surface area contributed by atoms with Crippen LogP contribution < -0.4 is 10.6 Å². The van der Waals surface area contributed by atoms with Gasteiger partial charge in [0.1, 0.15) is 0 Å². The number of carbonyl (C=O) groups is 2. The molecule has 0 spiro atoms. The third-order valence-electron chi connectivity index (χ3n) is 3.55. The fourth-order valence-electron chi connectivity index (χ4n) is 2.08. The van der Waals surface area contributed by atoms with Gasteiger partial charge >= 0.3 is 11.8 Å². The summed E-state index contributed by atoms with van der Waals surface area (Å²) in [5.41, 5.74) is 1.40. The van der Waals surface area contributed by atoms with Crippen molar-refractivity contribution in [1.29, 1.82) is 0 Å². The molecule has 0 saturated heterocycles. The van der Waals surface area contributed by atoms with Crippen LogP contribution in [0.15, 0.2) is 24.3 Å². The van der Waals surface area contributed by atoms with E-state index in [0.29, 0.717) is 18.7 Å². The molecular weight excluding hydrogens is 280 g/mol. The molecule has 0 bridgehead atoms. The van der Waals surface area contributed by atoms with Gasteiger partial charge in [-0.3, -0.25) is 9.59 Å². The first-order valence-corrected chi connectivity index (χ1v) is 7.56. The summed E-state index contributed by atoms with van der Waals surface area (Å²) in [7, 11) is 0. The predicted octanol–water partition coefficient (Wildman–Crippen LogP) is 2.27. The predicted molar refractivity (Wildman–Crippen MR) is 87.7 cm³/mol. The highest BCUT2D eigenvalue weighted by Gasteiger charge is 2.21. The Balaban J connectivity index is 2.64. The third-order valence-corrected chi connectivity index (χ3v) is 3.55. The number of amides is 2. The van der Waals surface area contributed by atoms with Gasteiger partial charge < -0.3 is 15.7 Å². The van der Waals surface area contributed by atoms with Gasteiger partial charge in [-0.05, 0) is 29.4 Å². The number of anilines is 1. The normalized spacial score (nSPS) is 11.4. The topological polar surface area (TPSA) is 78.4 Å². The van der Waals surface area contributed by atoms with Crippen molar-refractivity contribution in [2.75, 3.05) is 18.5 Å². The van der Waals surface area contributed by atoms with E-state index in [-0.39, 0.29) is 17.9 Å². The van der Waals surface area contributed by atoms with E-state index in [1.54, 1.807) is 6.07 Å². The van der Waals surface area contributed by atoms with E-state index in [2.05, 4.69) is 10.6 Å². The van der Waals surface area contributed by atoms with E-state index >= 15 is 0 Å². The molecule has 1 aromatic carbocycles. The lowest BCUT2D eigenvalue weighted by Crippen LogP contribution is -2.40. The van der Waals surface area contributed by atoms with Gasteiger partial charge in [0.25, 0.3) is 0 Å². The number of aliphatic hydroxyl groups excluding tert-OH is 1. The molecular formula is C17H26N2O3. The van der Waals surface area contributed by atoms with Gasteiger partial charge in [-0.15, -0.1) is 0 Å². The van der Waals surface area contributed by atoms with Gasteiger partial charge in [0.05, 0.1) is 0 Å². The smallest absolute Gasteiger partial charge is 0.313 e. The van der Waals surface area contributed by atoms with Gasteiger partial charge in [-0.2, -0.15) is 0 Å². The number of hydrogen-bond donors (Lipinski definition) is 3. The van der Waals surface area contributed by atoms with Crippen LogP contribution >= 0.6 is 0 Å². The Kier molecular flexibility index (Phi) is 6.56. The highest BCUT2D eigenvalue weighted by molar-refractivity contribution is 6.39. The second kappa shape index (κ2) is 7.94. The fourth-order valence-corrected chi connectivity index (χ4v) is 2.08. The van der Waals surface area contributed by atoms with Crippen molar-refractivity contribution in [1.82, 2.24) is 5.32 Å². The molecule has 0 unspecified atom stereocenters. The van der Waals surface area contributed by atoms with E-state index in [1.165, 1.54) is 0 Å². The lowest BCUT2D eigenvalue weighted by Gasteiger charge is -2.23. The molecule has 0 atom stereocenters. The SMILES string of the molecule is CC(C)c1ccccc1NC(=O)C(=O)NCC(C)(C)CCO. The molecule has 1 rings (SSSR count). The van der Waals surface area contributed by atoms with Crippen LogP contribution in [0.2, 0.25) is 0 Å². The van der Waals surface area contributed by atoms with Crippen LogP contribution in [0.4, 0.5) is 5.69 Å². The highest BCUT2D eigenvalue weighted by Crippen LogP contribution is 2.23. The van der Waals surface area contributed by atoms with E-state index < -0.39 is 11.8 Å². The van der Waals surface area contributed by atoms with Crippen molar-refractivity contribution in [2.45, 2.75) is 40.0 Å². The Morgan fingerprint density at radius 3 is 2.41 bits per heavy atom. The highest BCUT2D eigenvalue weighted by atomic mass is 16.3. The molecule has 2 amide bonds. The molecule has 1 aromatic rings. The first kappa shape index (κ1) is 18.2. The molecule has 0 aliphatic carbocycles. The van der Waals surface area contributed by atoms with Gasteiger partial charge in [-0.25, -0.2) is 0 Å². The molecule has 3 N–H and O–H groups in total. The molecule has 5 heteroatoms. The molecule has 0 heterocycles. The maximum atomic E-state index is 12.0. The molecule has 0 fully saturated rings. The lowest BCUT2D eigenvalue weighted by atomic mass is 9.90. The Labute approximate surface area is 132 Å². The Morgan fingerprint density at radius 2 is 1.82 bits per heavy atom. The maximum Gasteiger partial charge on any atom is 0.313 e. The van der Waals surface area contributed by atoms with Gasteiger partial charge in [0, 0.05) is 18.8 Å². The van der Waals surface area contributed by atoms with Crippen LogP contribution in [0.3, 0.4) is 0 Å². The number of nitrogens with one attached hydrogen (secondary N) is 2. The van der Waals surface area contributed by atoms with Crippen LogP contribution in [0.1, 0.15) is 45.6 Å². The van der Waals surface area contributed by atoms with Crippen LogP contribution in [0.25, 0.3) is 0 Å². The van der Waals surface area contributed by atoms with Crippen LogP contribution in [0, 0.1) is 5.41 Å². The Morgan fingerprint density at radius 1 is 1.18 bits per heavy atom. The number of carbonyl (C=O) groups excluding carboxylic acids is 2. The third kappa shape index (κ3) is 5.48. The molecule has 122 valence electrons. The summed E-state index contributed by atoms with van der Waals surface area (Å²) in [4.78, 5) is 23.9. The minimum absolute atomic E-state index is 0.0524. The molecule has 22 heavy (non-hydrogen) atoms. The van der Waals surface area contributed by atoms with Crippen molar-refractivity contribution in [3.63, 3.8) is 0 Å². The van der Waals surface area contributed by atoms with Gasteiger partial charge in [0.2, 0.25) is 0 Å². The summed E-state index contributed by atoms with van der Waals surface area (Å²) in [6.45, 7) is 8.30. The summed E-state index contributed by atoms with van der Waals surface area (Å²) >= 11 is 0. The number of benzene rings is 1. The molecule has 5 nitrogen and oxygen atoms in total. The monoisotopic (exact) mass is 306 g/mol. The molecule has 0 radical (unpaired) electrons. The second-order valence-corrected chi connectivity index (χ2v) is 6.52. The number of aliphatic hydroxyl groups is 1. The quantitative estimate of drug-likeness (QED) is 0.706. The van der Waals surface area contributed by atoms with Crippen molar-refractivity contribution >= 4 is 17.5 Å². The average molecular weight is 306 g/mol. The van der Waals surface area contributed by atoms with Crippen molar-refractivity contribution in [3.8, 4) is 0 Å². The van der Waals surface area contributed by atoms with Crippen LogP contribution in [0.5, 0.6) is 0 Å². The standard InChI is InChI=1S/C17H26N2O3/c1-12(2)13-7-5-6-8-14(13)19-16(22)15(21)18-11-17(3,4)9-10-20/h5-8,12,20H,9-11H2,1-4H3,(H,18,21)(H,19,22). The van der Waals surface area contributed by atoms with Crippen molar-refractivity contribution in [3.05, 3.63) is 29.8 Å². The van der Waals surface area contributed by atoms with E-state index in [9.17, 15) is 9.59 Å². The molecule has 0 aliphatic rings. The maximum absolute atomic E-state index is 12.0. The average Bonchev–Trinajstić information content (AvgIpc) is 2.45. The minimum atomic E-state index is -0.673. The summed E-state index contributed by atoms with van der Waals surface area (Å²) < 4.78 is 0. The Bertz CT molecular complexity index is 524. The number of rotatable bonds is 6. The van der Waals surface area contributed by atoms with Crippen molar-refractivity contribution < 1.29 is 14.7 Å². The molecule has 0 aliphatic heterocycles. The second-order valence-electron chi connectivity index (χ2n) is 6.52. The molecule has 0 saturated carbocycles. The summed E-state index contributed by atoms with van der Waals surface area (Å²) in [5.74, 6) is -1.08. The number of hydrogen-bond acceptors (Lipinski definition) is 3. The first-order chi connectivity index (χ1) is 10.3. The molecule has 0 aromatic heterocycles. The van der Waals surface area contributed by atoms with Crippen LogP contribution in [-0.4, -0.2) is 30.1 Å². The zero-order valence-corrected chi connectivity index (χ0v) is 13.8. The summed E-state index contributed by atoms with van der Waals surface area (Å²) in [5, 5.41) is 14.2. The van der Waals surface area contributed by atoms with Crippen LogP contribution in [-0.2, 0) is 9.59 Å². The minimum Gasteiger partial charge on any atom is -0.396 e. The number of para-hydroxylation sites is 1. The lowest BCUT2D eigenvalue weighted by molar-refractivity contribution is -0.136. The van der Waals surface area contributed by atoms with E-state index in [1.807, 2.05) is 45.9 Å². The van der Waals surface area contributed by atoms with E-state index in [0.717, 1.165) is 5.56 Å². The summed E-state index contributed by atoms with van der Waals surface area (Å²) in [6, 6.07) is 7.45. The Hall–Kier alpha value is -1.88. The fraction of sp³-hybridized carbons (Fsp3) is 0.529. The van der Waals surface area contributed by atoms with Gasteiger partial charge in [0.15, 0.2) is 0 Å². The van der Waals surface area contributed by atoms with Gasteiger partial charge in [-0.1, -0.05) is 45.9 Å². The van der Waals surface area contributed by atoms with Crippen molar-refractivity contribution in [2.24, 2.45) is 5.41 Å². The first-order valence-electron chi connectivity index (χ1n) is 7.56. The zero-order chi connectivity index (χ0) is 16.8. The zero-order valence-electron chi connectivity index (χ0n) is 13.8. The van der Waals surface area contributed by atoms with E-state index in [4.69, 9.17) is 5.11 Å².